The van der Waals surface area contributed by atoms with Gasteiger partial charge in [0.25, 0.3) is 0 Å². The molecule has 7 atom stereocenters. The standard InChI is InChI=1S/C21H20O4/c1-10-2-4-12(5-3-10)25-16(22)9-11-8-15-18-13-6-7-14(20(13)23)19(18)17(11)21(15)24/h2-7,11,13-15,17-19H,8-9H2,1H3. The Labute approximate surface area is 146 Å². The van der Waals surface area contributed by atoms with Crippen molar-refractivity contribution in [2.75, 3.05) is 0 Å². The molecule has 4 nitrogen and oxygen atoms in total. The number of carbonyl (C=O) groups excluding carboxylic acids is 3. The lowest BCUT2D eigenvalue weighted by Gasteiger charge is -2.33. The average molecular weight is 336 g/mol. The second-order valence-corrected chi connectivity index (χ2v) is 8.02. The van der Waals surface area contributed by atoms with Gasteiger partial charge < -0.3 is 4.74 Å². The molecule has 0 radical (unpaired) electrons. The minimum atomic E-state index is -0.282. The number of allylic oxidation sites excluding steroid dienone is 2. The van der Waals surface area contributed by atoms with E-state index in [0.717, 1.165) is 12.0 Å². The Morgan fingerprint density at radius 1 is 1.04 bits per heavy atom. The van der Waals surface area contributed by atoms with Crippen LogP contribution in [-0.2, 0) is 14.4 Å². The normalized spacial score (nSPS) is 40.0. The van der Waals surface area contributed by atoms with Crippen LogP contribution in [0.3, 0.4) is 0 Å². The number of ketones is 2. The van der Waals surface area contributed by atoms with Crippen LogP contribution in [0, 0.1) is 48.3 Å². The Balaban J connectivity index is 1.31. The Hall–Kier alpha value is -2.23. The van der Waals surface area contributed by atoms with Crippen LogP contribution in [0.5, 0.6) is 5.75 Å². The molecule has 1 aromatic rings. The highest BCUT2D eigenvalue weighted by atomic mass is 16.5. The quantitative estimate of drug-likeness (QED) is 0.369. The summed E-state index contributed by atoms with van der Waals surface area (Å²) >= 11 is 0. The fourth-order valence-electron chi connectivity index (χ4n) is 5.87. The fourth-order valence-corrected chi connectivity index (χ4v) is 5.87. The predicted octanol–water partition coefficient (Wildman–Crippen LogP) is 2.74. The van der Waals surface area contributed by atoms with Gasteiger partial charge in [0.15, 0.2) is 0 Å². The van der Waals surface area contributed by atoms with E-state index >= 15 is 0 Å². The van der Waals surface area contributed by atoms with Crippen molar-refractivity contribution in [3.8, 4) is 5.75 Å². The minimum absolute atomic E-state index is 0.0252. The molecule has 5 rings (SSSR count). The summed E-state index contributed by atoms with van der Waals surface area (Å²) in [6.45, 7) is 1.98. The zero-order chi connectivity index (χ0) is 17.3. The third kappa shape index (κ3) is 2.03. The van der Waals surface area contributed by atoms with Crippen molar-refractivity contribution >= 4 is 17.5 Å². The molecule has 0 spiro atoms. The highest BCUT2D eigenvalue weighted by Gasteiger charge is 2.68. The van der Waals surface area contributed by atoms with E-state index in [2.05, 4.69) is 0 Å². The number of aryl methyl sites for hydroxylation is 1. The fraction of sp³-hybridized carbons (Fsp3) is 0.476. The summed E-state index contributed by atoms with van der Waals surface area (Å²) in [5.74, 6) is 0.888. The van der Waals surface area contributed by atoms with E-state index in [9.17, 15) is 14.4 Å². The number of benzene rings is 1. The number of hydrogen-bond acceptors (Lipinski definition) is 4. The zero-order valence-corrected chi connectivity index (χ0v) is 14.1. The number of ether oxygens (including phenoxy) is 1. The van der Waals surface area contributed by atoms with Gasteiger partial charge in [0.1, 0.15) is 17.3 Å². The largest absolute Gasteiger partial charge is 0.427 e. The third-order valence-electron chi connectivity index (χ3n) is 6.78. The molecular weight excluding hydrogens is 316 g/mol. The molecule has 0 saturated heterocycles. The van der Waals surface area contributed by atoms with E-state index in [0.29, 0.717) is 11.5 Å². The molecule has 25 heavy (non-hydrogen) atoms. The first-order valence-electron chi connectivity index (χ1n) is 9.07. The highest BCUT2D eigenvalue weighted by molar-refractivity contribution is 5.99. The van der Waals surface area contributed by atoms with Crippen molar-refractivity contribution in [3.05, 3.63) is 42.0 Å². The van der Waals surface area contributed by atoms with Crippen molar-refractivity contribution in [1.82, 2.24) is 0 Å². The summed E-state index contributed by atoms with van der Waals surface area (Å²) in [5, 5.41) is 0. The van der Waals surface area contributed by atoms with E-state index in [1.165, 1.54) is 0 Å². The first-order chi connectivity index (χ1) is 12.0. The number of carbonyl (C=O) groups is 3. The Morgan fingerprint density at radius 2 is 1.72 bits per heavy atom. The second-order valence-electron chi connectivity index (χ2n) is 8.02. The van der Waals surface area contributed by atoms with Crippen LogP contribution in [0.25, 0.3) is 0 Å². The molecule has 0 aliphatic heterocycles. The highest BCUT2D eigenvalue weighted by Crippen LogP contribution is 2.64. The van der Waals surface area contributed by atoms with Crippen LogP contribution in [-0.4, -0.2) is 17.5 Å². The average Bonchev–Trinajstić information content (AvgIpc) is 3.27. The monoisotopic (exact) mass is 336 g/mol. The van der Waals surface area contributed by atoms with Gasteiger partial charge in [-0.15, -0.1) is 0 Å². The van der Waals surface area contributed by atoms with Gasteiger partial charge in [-0.3, -0.25) is 14.4 Å². The Kier molecular flexibility index (Phi) is 3.09. The van der Waals surface area contributed by atoms with Gasteiger partial charge in [0, 0.05) is 30.1 Å². The van der Waals surface area contributed by atoms with E-state index in [1.54, 1.807) is 12.1 Å². The van der Waals surface area contributed by atoms with Gasteiger partial charge in [-0.05, 0) is 43.2 Å². The number of hydrogen-bond donors (Lipinski definition) is 0. The third-order valence-corrected chi connectivity index (χ3v) is 6.78. The smallest absolute Gasteiger partial charge is 0.311 e. The summed E-state index contributed by atoms with van der Waals surface area (Å²) in [7, 11) is 0. The van der Waals surface area contributed by atoms with Crippen LogP contribution in [0.4, 0.5) is 0 Å². The SMILES string of the molecule is Cc1ccc(OC(=O)CC2CC3C(=O)C2C2C4C=CC(C4=O)C32)cc1. The maximum Gasteiger partial charge on any atom is 0.311 e. The molecule has 3 saturated carbocycles. The molecule has 128 valence electrons. The van der Waals surface area contributed by atoms with Crippen molar-refractivity contribution < 1.29 is 19.1 Å². The van der Waals surface area contributed by atoms with E-state index in [-0.39, 0.29) is 59.6 Å². The second kappa shape index (κ2) is 5.13. The van der Waals surface area contributed by atoms with Crippen LogP contribution >= 0.6 is 0 Å². The lowest BCUT2D eigenvalue weighted by Crippen LogP contribution is -2.32. The van der Waals surface area contributed by atoms with Gasteiger partial charge in [0.2, 0.25) is 0 Å². The first-order valence-corrected chi connectivity index (χ1v) is 9.07. The maximum atomic E-state index is 12.7. The van der Waals surface area contributed by atoms with Crippen LogP contribution in [0.2, 0.25) is 0 Å². The summed E-state index contributed by atoms with van der Waals surface area (Å²) in [6.07, 6.45) is 4.99. The van der Waals surface area contributed by atoms with Crippen LogP contribution < -0.4 is 4.74 Å². The van der Waals surface area contributed by atoms with E-state index < -0.39 is 0 Å². The minimum Gasteiger partial charge on any atom is -0.427 e. The number of rotatable bonds is 3. The predicted molar refractivity (Wildman–Crippen MR) is 89.6 cm³/mol. The summed E-state index contributed by atoms with van der Waals surface area (Å²) in [5.41, 5.74) is 1.11. The summed E-state index contributed by atoms with van der Waals surface area (Å²) < 4.78 is 5.44. The molecule has 4 heteroatoms. The van der Waals surface area contributed by atoms with Crippen molar-refractivity contribution in [3.63, 3.8) is 0 Å². The van der Waals surface area contributed by atoms with Gasteiger partial charge in [-0.1, -0.05) is 29.8 Å². The lowest BCUT2D eigenvalue weighted by atomic mass is 9.69. The van der Waals surface area contributed by atoms with E-state index in [4.69, 9.17) is 4.74 Å². The molecule has 7 unspecified atom stereocenters. The molecule has 0 aromatic heterocycles. The first kappa shape index (κ1) is 15.1. The van der Waals surface area contributed by atoms with Crippen molar-refractivity contribution in [2.45, 2.75) is 19.8 Å². The molecular formula is C21H20O4. The van der Waals surface area contributed by atoms with E-state index in [1.807, 2.05) is 31.2 Å². The molecule has 3 fully saturated rings. The topological polar surface area (TPSA) is 60.4 Å². The summed E-state index contributed by atoms with van der Waals surface area (Å²) in [6, 6.07) is 7.38. The number of Topliss-reactive ketones (excluding diaryl/α,β-unsaturated/α-hetero) is 2. The van der Waals surface area contributed by atoms with Gasteiger partial charge in [-0.2, -0.15) is 0 Å². The molecule has 4 bridgehead atoms. The Morgan fingerprint density at radius 3 is 2.44 bits per heavy atom. The van der Waals surface area contributed by atoms with Crippen LogP contribution in [0.1, 0.15) is 18.4 Å². The molecule has 0 heterocycles. The molecule has 1 aromatic carbocycles. The number of fused-ring (bicyclic) bond motifs is 9. The molecule has 0 amide bonds. The van der Waals surface area contributed by atoms with Crippen molar-refractivity contribution in [2.24, 2.45) is 41.4 Å². The Bertz CT molecular complexity index is 806. The van der Waals surface area contributed by atoms with Gasteiger partial charge >= 0.3 is 5.97 Å². The lowest BCUT2D eigenvalue weighted by molar-refractivity contribution is -0.136. The van der Waals surface area contributed by atoms with Gasteiger partial charge in [0.05, 0.1) is 0 Å². The maximum absolute atomic E-state index is 12.7. The van der Waals surface area contributed by atoms with Gasteiger partial charge in [-0.25, -0.2) is 0 Å². The summed E-state index contributed by atoms with van der Waals surface area (Å²) in [4.78, 5) is 37.4. The van der Waals surface area contributed by atoms with Crippen molar-refractivity contribution in [1.29, 1.82) is 0 Å². The molecule has 4 aliphatic rings. The van der Waals surface area contributed by atoms with Crippen LogP contribution in [0.15, 0.2) is 36.4 Å². The number of esters is 1. The zero-order valence-electron chi connectivity index (χ0n) is 14.1. The molecule has 0 N–H and O–H groups in total. The molecule has 4 aliphatic carbocycles.